The van der Waals surface area contributed by atoms with Gasteiger partial charge in [-0.05, 0) is 49.6 Å². The smallest absolute Gasteiger partial charge is 0.319 e. The zero-order valence-electron chi connectivity index (χ0n) is 14.5. The summed E-state index contributed by atoms with van der Waals surface area (Å²) in [5, 5.41) is 5.67. The Labute approximate surface area is 147 Å². The van der Waals surface area contributed by atoms with Crippen LogP contribution >= 0.6 is 0 Å². The molecule has 0 spiro atoms. The van der Waals surface area contributed by atoms with Gasteiger partial charge in [-0.25, -0.2) is 4.79 Å². The summed E-state index contributed by atoms with van der Waals surface area (Å²) in [6.45, 7) is 4.09. The van der Waals surface area contributed by atoms with E-state index in [1.807, 2.05) is 19.1 Å². The van der Waals surface area contributed by atoms with Crippen LogP contribution < -0.4 is 10.6 Å². The van der Waals surface area contributed by atoms with Crippen molar-refractivity contribution in [2.75, 3.05) is 11.9 Å². The van der Waals surface area contributed by atoms with E-state index in [1.54, 1.807) is 43.6 Å². The molecule has 0 aliphatic heterocycles. The van der Waals surface area contributed by atoms with Crippen LogP contribution in [-0.4, -0.2) is 29.6 Å². The van der Waals surface area contributed by atoms with E-state index in [0.717, 1.165) is 11.1 Å². The average Bonchev–Trinajstić information content (AvgIpc) is 2.57. The highest BCUT2D eigenvalue weighted by Crippen LogP contribution is 2.11. The van der Waals surface area contributed by atoms with Gasteiger partial charge in [0.05, 0.1) is 13.0 Å². The standard InChI is InChI=1S/C19H23N3O3/c1-3-25-18(23)12-15-6-8-17(9-7-15)22-19(24)21-14(2)11-16-5-4-10-20-13-16/h4-10,13-14H,3,11-12H2,1-2H3,(H2,21,22,24)/t14-/m1/s1. The van der Waals surface area contributed by atoms with Gasteiger partial charge in [0.25, 0.3) is 0 Å². The molecule has 1 aromatic carbocycles. The molecule has 1 heterocycles. The molecule has 6 nitrogen and oxygen atoms in total. The molecule has 1 atom stereocenters. The molecule has 2 aromatic rings. The normalized spacial score (nSPS) is 11.4. The average molecular weight is 341 g/mol. The highest BCUT2D eigenvalue weighted by atomic mass is 16.5. The van der Waals surface area contributed by atoms with Crippen LogP contribution in [0.5, 0.6) is 0 Å². The Balaban J connectivity index is 1.80. The van der Waals surface area contributed by atoms with E-state index in [2.05, 4.69) is 15.6 Å². The van der Waals surface area contributed by atoms with E-state index in [0.29, 0.717) is 18.7 Å². The second kappa shape index (κ2) is 9.42. The summed E-state index contributed by atoms with van der Waals surface area (Å²) < 4.78 is 4.91. The van der Waals surface area contributed by atoms with Gasteiger partial charge in [0.15, 0.2) is 0 Å². The fraction of sp³-hybridized carbons (Fsp3) is 0.316. The minimum absolute atomic E-state index is 0.0210. The molecule has 25 heavy (non-hydrogen) atoms. The Kier molecular flexibility index (Phi) is 6.95. The predicted molar refractivity (Wildman–Crippen MR) is 96.3 cm³/mol. The number of urea groups is 1. The number of carbonyl (C=O) groups excluding carboxylic acids is 2. The summed E-state index contributed by atoms with van der Waals surface area (Å²) in [6, 6.07) is 10.7. The summed E-state index contributed by atoms with van der Waals surface area (Å²) in [6.07, 6.45) is 4.44. The topological polar surface area (TPSA) is 80.3 Å². The number of aromatic nitrogens is 1. The minimum atomic E-state index is -0.269. The van der Waals surface area contributed by atoms with E-state index < -0.39 is 0 Å². The Morgan fingerprint density at radius 1 is 1.16 bits per heavy atom. The lowest BCUT2D eigenvalue weighted by molar-refractivity contribution is -0.142. The Hall–Kier alpha value is -2.89. The van der Waals surface area contributed by atoms with Gasteiger partial charge in [0.2, 0.25) is 0 Å². The predicted octanol–water partition coefficient (Wildman–Crippen LogP) is 2.94. The Bertz CT molecular complexity index is 687. The summed E-state index contributed by atoms with van der Waals surface area (Å²) in [7, 11) is 0. The molecule has 0 bridgehead atoms. The van der Waals surface area contributed by atoms with Gasteiger partial charge >= 0.3 is 12.0 Å². The summed E-state index contributed by atoms with van der Waals surface area (Å²) in [5.74, 6) is -0.259. The molecule has 0 aliphatic carbocycles. The maximum Gasteiger partial charge on any atom is 0.319 e. The first-order valence-corrected chi connectivity index (χ1v) is 8.27. The van der Waals surface area contributed by atoms with Gasteiger partial charge in [-0.2, -0.15) is 0 Å². The summed E-state index contributed by atoms with van der Waals surface area (Å²) >= 11 is 0. The molecule has 6 heteroatoms. The number of nitrogens with zero attached hydrogens (tertiary/aromatic N) is 1. The van der Waals surface area contributed by atoms with Gasteiger partial charge in [0, 0.05) is 24.1 Å². The molecule has 2 amide bonds. The minimum Gasteiger partial charge on any atom is -0.466 e. The third-order valence-electron chi connectivity index (χ3n) is 3.51. The zero-order chi connectivity index (χ0) is 18.1. The number of pyridine rings is 1. The lowest BCUT2D eigenvalue weighted by Crippen LogP contribution is -2.37. The van der Waals surface area contributed by atoms with Crippen molar-refractivity contribution in [1.29, 1.82) is 0 Å². The van der Waals surface area contributed by atoms with Gasteiger partial charge in [0.1, 0.15) is 0 Å². The van der Waals surface area contributed by atoms with Crippen LogP contribution in [0.3, 0.4) is 0 Å². The number of benzene rings is 1. The van der Waals surface area contributed by atoms with Crippen molar-refractivity contribution in [1.82, 2.24) is 10.3 Å². The first kappa shape index (κ1) is 18.4. The van der Waals surface area contributed by atoms with Crippen LogP contribution in [0.25, 0.3) is 0 Å². The number of anilines is 1. The SMILES string of the molecule is CCOC(=O)Cc1ccc(NC(=O)N[C@H](C)Cc2cccnc2)cc1. The number of rotatable bonds is 7. The second-order valence-electron chi connectivity index (χ2n) is 5.74. The van der Waals surface area contributed by atoms with Crippen LogP contribution in [0.2, 0.25) is 0 Å². The summed E-state index contributed by atoms with van der Waals surface area (Å²) in [5.41, 5.74) is 2.58. The number of carbonyl (C=O) groups is 2. The Morgan fingerprint density at radius 3 is 2.56 bits per heavy atom. The fourth-order valence-corrected chi connectivity index (χ4v) is 2.40. The van der Waals surface area contributed by atoms with Crippen molar-refractivity contribution in [3.05, 3.63) is 59.9 Å². The Morgan fingerprint density at radius 2 is 1.92 bits per heavy atom. The number of ether oxygens (including phenoxy) is 1. The molecular weight excluding hydrogens is 318 g/mol. The molecule has 0 aliphatic rings. The van der Waals surface area contributed by atoms with Gasteiger partial charge in [-0.3, -0.25) is 9.78 Å². The summed E-state index contributed by atoms with van der Waals surface area (Å²) in [4.78, 5) is 27.6. The number of hydrogen-bond acceptors (Lipinski definition) is 4. The molecule has 0 fully saturated rings. The van der Waals surface area contributed by atoms with Crippen molar-refractivity contribution in [2.24, 2.45) is 0 Å². The van der Waals surface area contributed by atoms with Gasteiger partial charge < -0.3 is 15.4 Å². The molecule has 0 radical (unpaired) electrons. The number of esters is 1. The van der Waals surface area contributed by atoms with Gasteiger partial charge in [-0.1, -0.05) is 18.2 Å². The van der Waals surface area contributed by atoms with Crippen molar-refractivity contribution >= 4 is 17.7 Å². The fourth-order valence-electron chi connectivity index (χ4n) is 2.40. The maximum absolute atomic E-state index is 12.0. The molecule has 0 saturated heterocycles. The molecule has 0 unspecified atom stereocenters. The van der Waals surface area contributed by atoms with Crippen LogP contribution in [0.1, 0.15) is 25.0 Å². The number of hydrogen-bond donors (Lipinski definition) is 2. The van der Waals surface area contributed by atoms with Crippen LogP contribution in [0.15, 0.2) is 48.8 Å². The third kappa shape index (κ3) is 6.63. The first-order chi connectivity index (χ1) is 12.1. The molecule has 2 N–H and O–H groups in total. The molecular formula is C19H23N3O3. The monoisotopic (exact) mass is 341 g/mol. The lowest BCUT2D eigenvalue weighted by Gasteiger charge is -2.14. The maximum atomic E-state index is 12.0. The quantitative estimate of drug-likeness (QED) is 0.759. The molecule has 1 aromatic heterocycles. The van der Waals surface area contributed by atoms with E-state index >= 15 is 0 Å². The largest absolute Gasteiger partial charge is 0.466 e. The van der Waals surface area contributed by atoms with Gasteiger partial charge in [-0.15, -0.1) is 0 Å². The van der Waals surface area contributed by atoms with E-state index in [9.17, 15) is 9.59 Å². The molecule has 132 valence electrons. The van der Waals surface area contributed by atoms with E-state index in [4.69, 9.17) is 4.74 Å². The van der Waals surface area contributed by atoms with Crippen LogP contribution in [0, 0.1) is 0 Å². The second-order valence-corrected chi connectivity index (χ2v) is 5.74. The molecule has 2 rings (SSSR count). The van der Waals surface area contributed by atoms with Crippen molar-refractivity contribution in [2.45, 2.75) is 32.7 Å². The van der Waals surface area contributed by atoms with Crippen molar-refractivity contribution in [3.8, 4) is 0 Å². The number of amides is 2. The van der Waals surface area contributed by atoms with E-state index in [1.165, 1.54) is 0 Å². The highest BCUT2D eigenvalue weighted by molar-refractivity contribution is 5.89. The lowest BCUT2D eigenvalue weighted by atomic mass is 10.1. The van der Waals surface area contributed by atoms with E-state index in [-0.39, 0.29) is 24.5 Å². The van der Waals surface area contributed by atoms with Crippen LogP contribution in [-0.2, 0) is 22.4 Å². The first-order valence-electron chi connectivity index (χ1n) is 8.27. The zero-order valence-corrected chi connectivity index (χ0v) is 14.5. The molecule has 0 saturated carbocycles. The highest BCUT2D eigenvalue weighted by Gasteiger charge is 2.09. The third-order valence-corrected chi connectivity index (χ3v) is 3.51. The van der Waals surface area contributed by atoms with Crippen molar-refractivity contribution < 1.29 is 14.3 Å². The van der Waals surface area contributed by atoms with Crippen LogP contribution in [0.4, 0.5) is 10.5 Å². The van der Waals surface area contributed by atoms with Crippen molar-refractivity contribution in [3.63, 3.8) is 0 Å². The number of nitrogens with one attached hydrogen (secondary N) is 2.